The Labute approximate surface area is 363 Å². The number of rotatable bonds is 22. The second kappa shape index (κ2) is 24.2. The fourth-order valence-corrected chi connectivity index (χ4v) is 11.5. The van der Waals surface area contributed by atoms with E-state index in [4.69, 9.17) is 9.47 Å². The van der Waals surface area contributed by atoms with Crippen molar-refractivity contribution < 1.29 is 33.8 Å². The molecule has 4 aliphatic rings. The first-order chi connectivity index (χ1) is 28.8. The van der Waals surface area contributed by atoms with Crippen LogP contribution in [0.2, 0.25) is 0 Å². The summed E-state index contributed by atoms with van der Waals surface area (Å²) in [4.78, 5) is 55.2. The van der Waals surface area contributed by atoms with Crippen LogP contribution in [0.15, 0.2) is 84.6 Å². The lowest BCUT2D eigenvalue weighted by atomic mass is 9.48. The Morgan fingerprint density at radius 1 is 0.850 bits per heavy atom. The van der Waals surface area contributed by atoms with E-state index in [9.17, 15) is 24.3 Å². The predicted molar refractivity (Wildman–Crippen MR) is 243 cm³/mol. The summed E-state index contributed by atoms with van der Waals surface area (Å²) in [5.74, 6) is -1.46. The molecular formula is C53H78O7. The quantitative estimate of drug-likeness (QED) is 0.0855. The van der Waals surface area contributed by atoms with E-state index in [1.54, 1.807) is 6.08 Å². The molecule has 1 saturated heterocycles. The molecular weight excluding hydrogens is 749 g/mol. The molecule has 1 N–H and O–H groups in total. The standard InChI is InChI=1S/C53H78O7/c1-9-10-11-12-13-14-15-16-17-18-19-20-21-22-23-24-25-26-27-28-48(57)60-51-46(56)31-39(7)45-34-47-50-43(35-54)49(38(6)29-30-44(50)53(45,51)8)42(52(58)59-47)33-40(55)32-41(36(2)3)37(4)5/h10-11,13-14,16-17,19-20,22-23,25-26,31,36-38,41-45,47,49-51,54H,9,12,15,18,21,24,27-30,32-35H2,1-8H3/b11-10-,14-13-,17-16-,20-19-,23-22-,26-25-/t38-,42?,43-,44?,45?,47+,49?,50?,51+,53+/m0/s1. The van der Waals surface area contributed by atoms with Gasteiger partial charge in [-0.25, -0.2) is 0 Å². The van der Waals surface area contributed by atoms with E-state index in [0.29, 0.717) is 31.1 Å². The highest BCUT2D eigenvalue weighted by Gasteiger charge is 2.65. The smallest absolute Gasteiger partial charge is 0.309 e. The summed E-state index contributed by atoms with van der Waals surface area (Å²) in [6, 6.07) is 0. The van der Waals surface area contributed by atoms with E-state index >= 15 is 0 Å². The van der Waals surface area contributed by atoms with Crippen molar-refractivity contribution in [3.63, 3.8) is 0 Å². The lowest BCUT2D eigenvalue weighted by molar-refractivity contribution is -0.191. The average Bonchev–Trinajstić information content (AvgIpc) is 3.42. The van der Waals surface area contributed by atoms with Crippen molar-refractivity contribution in [2.75, 3.05) is 6.61 Å². The number of esters is 2. The minimum atomic E-state index is -0.957. The van der Waals surface area contributed by atoms with Crippen LogP contribution in [0.3, 0.4) is 0 Å². The molecule has 4 rings (SSSR count). The first kappa shape index (κ1) is 49.1. The van der Waals surface area contributed by atoms with Gasteiger partial charge in [0.05, 0.1) is 5.92 Å². The van der Waals surface area contributed by atoms with Crippen LogP contribution in [0.5, 0.6) is 0 Å². The molecule has 0 aromatic carbocycles. The van der Waals surface area contributed by atoms with E-state index in [1.807, 2.05) is 13.0 Å². The van der Waals surface area contributed by atoms with Gasteiger partial charge in [0.25, 0.3) is 0 Å². The highest BCUT2D eigenvalue weighted by molar-refractivity contribution is 5.97. The van der Waals surface area contributed by atoms with Crippen molar-refractivity contribution in [3.8, 4) is 0 Å². The Morgan fingerprint density at radius 3 is 1.93 bits per heavy atom. The SMILES string of the molecule is CC/C=C\C/C=C\C/C=C\C/C=C\C/C=C\C/C=C\CCC(=O)O[C@@H]1C(=O)C=C(C)C2C[C@H]3OC(=O)C(CC(=O)CC(C(C)C)C(C)C)C4[C@H](CO)C3C(CC[C@@H]4C)[C@]21C. The monoisotopic (exact) mass is 827 g/mol. The number of aliphatic hydroxyl groups is 1. The summed E-state index contributed by atoms with van der Waals surface area (Å²) in [7, 11) is 0. The van der Waals surface area contributed by atoms with Gasteiger partial charge >= 0.3 is 11.9 Å². The third-order valence-electron chi connectivity index (χ3n) is 14.5. The number of hydrogen-bond acceptors (Lipinski definition) is 7. The highest BCUT2D eigenvalue weighted by Crippen LogP contribution is 2.63. The minimum absolute atomic E-state index is 0.0585. The fourth-order valence-electron chi connectivity index (χ4n) is 11.5. The number of fused-ring (bicyclic) bond motifs is 3. The highest BCUT2D eigenvalue weighted by atomic mass is 16.6. The molecule has 10 atom stereocenters. The number of allylic oxidation sites excluding steroid dienone is 13. The molecule has 0 aromatic heterocycles. The number of hydrogen-bond donors (Lipinski definition) is 1. The maximum absolute atomic E-state index is 14.1. The second-order valence-electron chi connectivity index (χ2n) is 19.1. The molecule has 2 bridgehead atoms. The van der Waals surface area contributed by atoms with Crippen molar-refractivity contribution in [2.24, 2.45) is 64.6 Å². The molecule has 332 valence electrons. The number of Topliss-reactive ketones (excluding diaryl/α,β-unsaturated/α-hetero) is 1. The minimum Gasteiger partial charge on any atom is -0.462 e. The molecule has 0 amide bonds. The van der Waals surface area contributed by atoms with Gasteiger partial charge in [-0.15, -0.1) is 0 Å². The fraction of sp³-hybridized carbons (Fsp3) is 0.660. The summed E-state index contributed by atoms with van der Waals surface area (Å²) < 4.78 is 12.7. The zero-order valence-electron chi connectivity index (χ0n) is 38.2. The van der Waals surface area contributed by atoms with Crippen LogP contribution in [0, 0.1) is 64.6 Å². The predicted octanol–water partition coefficient (Wildman–Crippen LogP) is 11.6. The molecule has 60 heavy (non-hydrogen) atoms. The third-order valence-corrected chi connectivity index (χ3v) is 14.5. The molecule has 1 aliphatic heterocycles. The van der Waals surface area contributed by atoms with E-state index in [2.05, 4.69) is 115 Å². The van der Waals surface area contributed by atoms with Gasteiger partial charge in [-0.05, 0) is 118 Å². The van der Waals surface area contributed by atoms with Crippen molar-refractivity contribution in [1.82, 2.24) is 0 Å². The summed E-state index contributed by atoms with van der Waals surface area (Å²) >= 11 is 0. The van der Waals surface area contributed by atoms with Crippen LogP contribution in [0.25, 0.3) is 0 Å². The lowest BCUT2D eigenvalue weighted by Crippen LogP contribution is -2.61. The van der Waals surface area contributed by atoms with Crippen LogP contribution in [-0.4, -0.2) is 47.4 Å². The third kappa shape index (κ3) is 12.7. The zero-order valence-corrected chi connectivity index (χ0v) is 38.2. The zero-order chi connectivity index (χ0) is 43.8. The van der Waals surface area contributed by atoms with Gasteiger partial charge < -0.3 is 14.6 Å². The van der Waals surface area contributed by atoms with Gasteiger partial charge in [-0.2, -0.15) is 0 Å². The Balaban J connectivity index is 1.36. The van der Waals surface area contributed by atoms with E-state index in [1.165, 1.54) is 0 Å². The molecule has 1 heterocycles. The van der Waals surface area contributed by atoms with E-state index in [0.717, 1.165) is 56.9 Å². The molecule has 3 aliphatic carbocycles. The Bertz CT molecular complexity index is 1630. The maximum Gasteiger partial charge on any atom is 0.309 e. The van der Waals surface area contributed by atoms with Crippen molar-refractivity contribution in [2.45, 2.75) is 151 Å². The van der Waals surface area contributed by atoms with Gasteiger partial charge in [0.15, 0.2) is 11.9 Å². The topological polar surface area (TPSA) is 107 Å². The van der Waals surface area contributed by atoms with Gasteiger partial charge in [0.2, 0.25) is 0 Å². The molecule has 2 saturated carbocycles. The van der Waals surface area contributed by atoms with E-state index < -0.39 is 29.5 Å². The first-order valence-electron chi connectivity index (χ1n) is 23.4. The number of ketones is 2. The number of aliphatic hydroxyl groups excluding tert-OH is 1. The van der Waals surface area contributed by atoms with Crippen LogP contribution >= 0.6 is 0 Å². The van der Waals surface area contributed by atoms with Crippen molar-refractivity contribution >= 4 is 23.5 Å². The van der Waals surface area contributed by atoms with Crippen LogP contribution in [-0.2, 0) is 28.7 Å². The molecule has 7 heteroatoms. The van der Waals surface area contributed by atoms with Gasteiger partial charge in [-0.1, -0.05) is 133 Å². The van der Waals surface area contributed by atoms with Crippen molar-refractivity contribution in [3.05, 3.63) is 84.6 Å². The summed E-state index contributed by atoms with van der Waals surface area (Å²) in [5.41, 5.74) is 0.188. The Kier molecular flexibility index (Phi) is 19.8. The molecule has 7 nitrogen and oxygen atoms in total. The largest absolute Gasteiger partial charge is 0.462 e. The summed E-state index contributed by atoms with van der Waals surface area (Å²) in [5, 5.41) is 11.2. The lowest BCUT2D eigenvalue weighted by Gasteiger charge is -2.58. The molecule has 0 aromatic rings. The number of carbonyl (C=O) groups is 4. The van der Waals surface area contributed by atoms with Crippen molar-refractivity contribution in [1.29, 1.82) is 0 Å². The first-order valence-corrected chi connectivity index (χ1v) is 23.4. The van der Waals surface area contributed by atoms with Crippen LogP contribution in [0.4, 0.5) is 0 Å². The van der Waals surface area contributed by atoms with Crippen LogP contribution < -0.4 is 0 Å². The molecule has 3 fully saturated rings. The average molecular weight is 827 g/mol. The van der Waals surface area contributed by atoms with E-state index in [-0.39, 0.29) is 78.4 Å². The normalized spacial score (nSPS) is 31.0. The maximum atomic E-state index is 14.1. The summed E-state index contributed by atoms with van der Waals surface area (Å²) in [6.45, 7) is 16.8. The number of ether oxygens (including phenoxy) is 2. The Hall–Kier alpha value is -3.58. The van der Waals surface area contributed by atoms with Crippen LogP contribution in [0.1, 0.15) is 139 Å². The van der Waals surface area contributed by atoms with Gasteiger partial charge in [0.1, 0.15) is 11.9 Å². The molecule has 5 unspecified atom stereocenters. The molecule has 0 spiro atoms. The van der Waals surface area contributed by atoms with Gasteiger partial charge in [0, 0.05) is 37.2 Å². The summed E-state index contributed by atoms with van der Waals surface area (Å²) in [6.07, 6.45) is 35.0. The van der Waals surface area contributed by atoms with Gasteiger partial charge in [-0.3, -0.25) is 19.2 Å². The second-order valence-corrected chi connectivity index (χ2v) is 19.1. The number of carbonyl (C=O) groups excluding carboxylic acids is 4. The Morgan fingerprint density at radius 2 is 1.40 bits per heavy atom. The molecule has 0 radical (unpaired) electrons.